The summed E-state index contributed by atoms with van der Waals surface area (Å²) >= 11 is 0. The van der Waals surface area contributed by atoms with Crippen LogP contribution in [0, 0.1) is 0 Å². The Balaban J connectivity index is 1.94. The van der Waals surface area contributed by atoms with Gasteiger partial charge in [-0.15, -0.1) is 0 Å². The molecule has 1 spiro atoms. The summed E-state index contributed by atoms with van der Waals surface area (Å²) in [6.45, 7) is -0.133. The van der Waals surface area contributed by atoms with E-state index in [0.717, 1.165) is 24.2 Å². The van der Waals surface area contributed by atoms with Gasteiger partial charge >= 0.3 is 6.18 Å². The zero-order valence-electron chi connectivity index (χ0n) is 11.8. The highest BCUT2D eigenvalue weighted by Gasteiger charge is 2.69. The first-order chi connectivity index (χ1) is 9.81. The molecule has 0 aromatic heterocycles. The Hall–Kier alpha value is -1.27. The summed E-state index contributed by atoms with van der Waals surface area (Å²) in [4.78, 5) is 25.6. The first kappa shape index (κ1) is 14.7. The van der Waals surface area contributed by atoms with Gasteiger partial charge < -0.3 is 10.2 Å². The Morgan fingerprint density at radius 2 is 1.62 bits per heavy atom. The fourth-order valence-electron chi connectivity index (χ4n) is 3.68. The zero-order valence-corrected chi connectivity index (χ0v) is 11.8. The van der Waals surface area contributed by atoms with Crippen LogP contribution < -0.4 is 5.32 Å². The molecule has 1 N–H and O–H groups in total. The number of hydrogen-bond acceptors (Lipinski definition) is 2. The summed E-state index contributed by atoms with van der Waals surface area (Å²) in [5.41, 5.74) is -3.13. The van der Waals surface area contributed by atoms with E-state index in [1.54, 1.807) is 0 Å². The van der Waals surface area contributed by atoms with Crippen molar-refractivity contribution in [2.75, 3.05) is 6.54 Å². The summed E-state index contributed by atoms with van der Waals surface area (Å²) in [5, 5.41) is 2.73. The van der Waals surface area contributed by atoms with Gasteiger partial charge in [-0.2, -0.15) is 13.2 Å². The van der Waals surface area contributed by atoms with Crippen molar-refractivity contribution in [1.29, 1.82) is 0 Å². The van der Waals surface area contributed by atoms with Crippen LogP contribution in [0.15, 0.2) is 0 Å². The normalized spacial score (nSPS) is 28.2. The van der Waals surface area contributed by atoms with Crippen LogP contribution in [0.1, 0.15) is 51.4 Å². The number of halogens is 3. The van der Waals surface area contributed by atoms with Crippen molar-refractivity contribution in [3.63, 3.8) is 0 Å². The Morgan fingerprint density at radius 1 is 1.00 bits per heavy atom. The SMILES string of the molecule is O=C1CCN(C2(C(F)(F)F)CC2)C(=O)C2(CCCCC2)N1. The van der Waals surface area contributed by atoms with Crippen LogP contribution in [0.5, 0.6) is 0 Å². The predicted octanol–water partition coefficient (Wildman–Crippen LogP) is 2.13. The molecular formula is C14H19F3N2O2. The minimum atomic E-state index is -4.42. The Kier molecular flexibility index (Phi) is 3.22. The molecule has 3 fully saturated rings. The van der Waals surface area contributed by atoms with Crippen LogP contribution in [-0.2, 0) is 9.59 Å². The maximum absolute atomic E-state index is 13.3. The van der Waals surface area contributed by atoms with Crippen molar-refractivity contribution in [3.05, 3.63) is 0 Å². The molecule has 1 aliphatic heterocycles. The molecule has 0 radical (unpaired) electrons. The largest absolute Gasteiger partial charge is 0.411 e. The molecule has 21 heavy (non-hydrogen) atoms. The standard InChI is InChI=1S/C14H19F3N2O2/c15-14(16,17)13(7-8-13)19-9-4-10(20)18-12(11(19)21)5-2-1-3-6-12/h1-9H2,(H,18,20). The second-order valence-electron chi connectivity index (χ2n) is 6.43. The molecule has 2 saturated carbocycles. The molecular weight excluding hydrogens is 285 g/mol. The van der Waals surface area contributed by atoms with Gasteiger partial charge in [-0.1, -0.05) is 19.3 Å². The highest BCUT2D eigenvalue weighted by molar-refractivity contribution is 5.94. The van der Waals surface area contributed by atoms with E-state index in [-0.39, 0.29) is 31.7 Å². The molecule has 0 bridgehead atoms. The van der Waals surface area contributed by atoms with Gasteiger partial charge in [0.25, 0.3) is 0 Å². The highest BCUT2D eigenvalue weighted by Crippen LogP contribution is 2.54. The highest BCUT2D eigenvalue weighted by atomic mass is 19.4. The molecule has 118 valence electrons. The van der Waals surface area contributed by atoms with Crippen LogP contribution in [-0.4, -0.2) is 40.5 Å². The van der Waals surface area contributed by atoms with Crippen molar-refractivity contribution in [2.45, 2.75) is 68.6 Å². The van der Waals surface area contributed by atoms with Crippen LogP contribution in [0.4, 0.5) is 13.2 Å². The van der Waals surface area contributed by atoms with E-state index >= 15 is 0 Å². The molecule has 0 aromatic carbocycles. The Bertz CT molecular complexity index is 465. The van der Waals surface area contributed by atoms with Gasteiger partial charge in [0, 0.05) is 13.0 Å². The average molecular weight is 304 g/mol. The van der Waals surface area contributed by atoms with Crippen molar-refractivity contribution in [3.8, 4) is 0 Å². The van der Waals surface area contributed by atoms with Crippen LogP contribution in [0.3, 0.4) is 0 Å². The first-order valence-electron chi connectivity index (χ1n) is 7.51. The lowest BCUT2D eigenvalue weighted by atomic mass is 9.80. The molecule has 4 nitrogen and oxygen atoms in total. The fraction of sp³-hybridized carbons (Fsp3) is 0.857. The number of alkyl halides is 3. The Labute approximate surface area is 121 Å². The lowest BCUT2D eigenvalue weighted by Crippen LogP contribution is -2.62. The van der Waals surface area contributed by atoms with E-state index in [1.807, 2.05) is 0 Å². The van der Waals surface area contributed by atoms with Gasteiger partial charge in [-0.25, -0.2) is 0 Å². The van der Waals surface area contributed by atoms with Crippen molar-refractivity contribution >= 4 is 11.8 Å². The van der Waals surface area contributed by atoms with E-state index in [1.165, 1.54) is 0 Å². The summed E-state index contributed by atoms with van der Waals surface area (Å²) in [5.74, 6) is -0.839. The van der Waals surface area contributed by atoms with Crippen molar-refractivity contribution in [1.82, 2.24) is 10.2 Å². The third kappa shape index (κ3) is 2.21. The second-order valence-corrected chi connectivity index (χ2v) is 6.43. The molecule has 1 saturated heterocycles. The fourth-order valence-corrected chi connectivity index (χ4v) is 3.68. The second kappa shape index (κ2) is 4.61. The van der Waals surface area contributed by atoms with E-state index in [2.05, 4.69) is 5.32 Å². The number of carbonyl (C=O) groups is 2. The van der Waals surface area contributed by atoms with E-state index < -0.39 is 23.2 Å². The summed E-state index contributed by atoms with van der Waals surface area (Å²) in [6.07, 6.45) is -1.20. The smallest absolute Gasteiger partial charge is 0.342 e. The summed E-state index contributed by atoms with van der Waals surface area (Å²) < 4.78 is 40.0. The molecule has 3 aliphatic rings. The molecule has 2 aliphatic carbocycles. The van der Waals surface area contributed by atoms with Crippen molar-refractivity contribution < 1.29 is 22.8 Å². The predicted molar refractivity (Wildman–Crippen MR) is 68.3 cm³/mol. The lowest BCUT2D eigenvalue weighted by Gasteiger charge is -2.41. The number of hydrogen-bond donors (Lipinski definition) is 1. The molecule has 0 atom stereocenters. The zero-order chi connectivity index (χ0) is 15.3. The minimum Gasteiger partial charge on any atom is -0.342 e. The van der Waals surface area contributed by atoms with Gasteiger partial charge in [0.2, 0.25) is 11.8 Å². The molecule has 1 heterocycles. The minimum absolute atomic E-state index is 0.0491. The number of nitrogens with zero attached hydrogens (tertiary/aromatic N) is 1. The Morgan fingerprint density at radius 3 is 2.14 bits per heavy atom. The lowest BCUT2D eigenvalue weighted by molar-refractivity contribution is -0.202. The summed E-state index contributed by atoms with van der Waals surface area (Å²) in [7, 11) is 0. The number of carbonyl (C=O) groups excluding carboxylic acids is 2. The van der Waals surface area contributed by atoms with Crippen molar-refractivity contribution in [2.24, 2.45) is 0 Å². The number of nitrogens with one attached hydrogen (secondary N) is 1. The van der Waals surface area contributed by atoms with Gasteiger partial charge in [0.1, 0.15) is 11.1 Å². The molecule has 3 rings (SSSR count). The average Bonchev–Trinajstić information content (AvgIpc) is 3.20. The maximum Gasteiger partial charge on any atom is 0.411 e. The number of amides is 2. The van der Waals surface area contributed by atoms with Crippen LogP contribution >= 0.6 is 0 Å². The van der Waals surface area contributed by atoms with E-state index in [9.17, 15) is 22.8 Å². The first-order valence-corrected chi connectivity index (χ1v) is 7.51. The molecule has 0 aromatic rings. The quantitative estimate of drug-likeness (QED) is 0.807. The molecule has 7 heteroatoms. The van der Waals surface area contributed by atoms with Crippen LogP contribution in [0.25, 0.3) is 0 Å². The van der Waals surface area contributed by atoms with Crippen LogP contribution in [0.2, 0.25) is 0 Å². The molecule has 2 amide bonds. The van der Waals surface area contributed by atoms with Gasteiger partial charge in [0.05, 0.1) is 0 Å². The third-order valence-electron chi connectivity index (χ3n) is 5.07. The number of rotatable bonds is 1. The maximum atomic E-state index is 13.3. The molecule has 0 unspecified atom stereocenters. The summed E-state index contributed by atoms with van der Waals surface area (Å²) in [6, 6.07) is 0. The van der Waals surface area contributed by atoms with Gasteiger partial charge in [-0.05, 0) is 25.7 Å². The van der Waals surface area contributed by atoms with Gasteiger partial charge in [0.15, 0.2) is 0 Å². The third-order valence-corrected chi connectivity index (χ3v) is 5.07. The van der Waals surface area contributed by atoms with E-state index in [4.69, 9.17) is 0 Å². The monoisotopic (exact) mass is 304 g/mol. The van der Waals surface area contributed by atoms with Gasteiger partial charge in [-0.3, -0.25) is 9.59 Å². The topological polar surface area (TPSA) is 49.4 Å². The van der Waals surface area contributed by atoms with E-state index in [0.29, 0.717) is 12.8 Å².